The van der Waals surface area contributed by atoms with Gasteiger partial charge >= 0.3 is 0 Å². The molecule has 0 bridgehead atoms. The van der Waals surface area contributed by atoms with Crippen molar-refractivity contribution in [3.8, 4) is 0 Å². The fourth-order valence-corrected chi connectivity index (χ4v) is 1.37. The summed E-state index contributed by atoms with van der Waals surface area (Å²) in [6.45, 7) is 2.91. The van der Waals surface area contributed by atoms with Crippen LogP contribution in [-0.4, -0.2) is 24.2 Å². The van der Waals surface area contributed by atoms with Crippen LogP contribution >= 0.6 is 11.6 Å². The SMILES string of the molecule is C[C@H]1C=C(C(=O)CCl)CCN1. The van der Waals surface area contributed by atoms with Gasteiger partial charge in [0.2, 0.25) is 0 Å². The second-order valence-electron chi connectivity index (χ2n) is 2.74. The molecule has 1 heterocycles. The molecule has 11 heavy (non-hydrogen) atoms. The maximum Gasteiger partial charge on any atom is 0.173 e. The van der Waals surface area contributed by atoms with E-state index in [4.69, 9.17) is 11.6 Å². The van der Waals surface area contributed by atoms with Gasteiger partial charge in [0.1, 0.15) is 0 Å². The molecule has 0 aromatic heterocycles. The molecule has 1 N–H and O–H groups in total. The zero-order chi connectivity index (χ0) is 8.27. The molecule has 0 radical (unpaired) electrons. The first kappa shape index (κ1) is 8.75. The van der Waals surface area contributed by atoms with E-state index in [0.717, 1.165) is 18.5 Å². The second kappa shape index (κ2) is 3.88. The van der Waals surface area contributed by atoms with Gasteiger partial charge in [-0.05, 0) is 25.5 Å². The summed E-state index contributed by atoms with van der Waals surface area (Å²) in [7, 11) is 0. The van der Waals surface area contributed by atoms with Crippen LogP contribution in [0.2, 0.25) is 0 Å². The summed E-state index contributed by atoms with van der Waals surface area (Å²) in [5, 5.41) is 3.22. The monoisotopic (exact) mass is 173 g/mol. The van der Waals surface area contributed by atoms with Crippen molar-refractivity contribution in [1.82, 2.24) is 5.32 Å². The molecule has 1 aliphatic heterocycles. The summed E-state index contributed by atoms with van der Waals surface area (Å²) in [4.78, 5) is 11.1. The van der Waals surface area contributed by atoms with Gasteiger partial charge in [-0.2, -0.15) is 0 Å². The Morgan fingerprint density at radius 1 is 1.91 bits per heavy atom. The maximum absolute atomic E-state index is 11.1. The van der Waals surface area contributed by atoms with E-state index in [1.54, 1.807) is 0 Å². The number of carbonyl (C=O) groups is 1. The lowest BCUT2D eigenvalue weighted by atomic mass is 10.0. The summed E-state index contributed by atoms with van der Waals surface area (Å²) in [6.07, 6.45) is 2.77. The number of halogens is 1. The van der Waals surface area contributed by atoms with Gasteiger partial charge < -0.3 is 5.32 Å². The molecule has 0 aliphatic carbocycles. The largest absolute Gasteiger partial charge is 0.310 e. The third-order valence-corrected chi connectivity index (χ3v) is 2.03. The number of Topliss-reactive ketones (excluding diaryl/α,β-unsaturated/α-hetero) is 1. The van der Waals surface area contributed by atoms with E-state index in [0.29, 0.717) is 6.04 Å². The predicted octanol–water partition coefficient (Wildman–Crippen LogP) is 1.10. The van der Waals surface area contributed by atoms with Crippen molar-refractivity contribution in [3.05, 3.63) is 11.6 Å². The van der Waals surface area contributed by atoms with Crippen LogP contribution in [0.4, 0.5) is 0 Å². The molecule has 0 aromatic rings. The number of hydrogen-bond donors (Lipinski definition) is 1. The molecule has 1 rings (SSSR count). The van der Waals surface area contributed by atoms with Crippen LogP contribution in [0.3, 0.4) is 0 Å². The molecule has 1 aliphatic rings. The minimum atomic E-state index is 0.0695. The molecule has 0 unspecified atom stereocenters. The first-order valence-electron chi connectivity index (χ1n) is 3.77. The van der Waals surface area contributed by atoms with E-state index in [2.05, 4.69) is 5.32 Å². The Balaban J connectivity index is 2.63. The van der Waals surface area contributed by atoms with Crippen molar-refractivity contribution >= 4 is 17.4 Å². The molecule has 62 valence electrons. The molecule has 0 saturated heterocycles. The maximum atomic E-state index is 11.1. The highest BCUT2D eigenvalue weighted by atomic mass is 35.5. The summed E-state index contributed by atoms with van der Waals surface area (Å²) in [5.74, 6) is 0.179. The molecule has 0 fully saturated rings. The average Bonchev–Trinajstić information content (AvgIpc) is 2.03. The highest BCUT2D eigenvalue weighted by Gasteiger charge is 2.13. The van der Waals surface area contributed by atoms with Crippen LogP contribution in [0, 0.1) is 0 Å². The molecule has 0 amide bonds. The number of carbonyl (C=O) groups excluding carboxylic acids is 1. The molecule has 0 aromatic carbocycles. The number of hydrogen-bond acceptors (Lipinski definition) is 2. The van der Waals surface area contributed by atoms with E-state index in [1.165, 1.54) is 0 Å². The lowest BCUT2D eigenvalue weighted by Gasteiger charge is -2.17. The van der Waals surface area contributed by atoms with Gasteiger partial charge in [-0.1, -0.05) is 6.08 Å². The number of ketones is 1. The van der Waals surface area contributed by atoms with Crippen LogP contribution in [0.5, 0.6) is 0 Å². The van der Waals surface area contributed by atoms with Crippen LogP contribution in [0.15, 0.2) is 11.6 Å². The van der Waals surface area contributed by atoms with Gasteiger partial charge in [0, 0.05) is 6.04 Å². The summed E-state index contributed by atoms with van der Waals surface area (Å²) in [5.41, 5.74) is 0.881. The van der Waals surface area contributed by atoms with Gasteiger partial charge in [-0.3, -0.25) is 4.79 Å². The lowest BCUT2D eigenvalue weighted by molar-refractivity contribution is -0.113. The number of nitrogens with one attached hydrogen (secondary N) is 1. The fourth-order valence-electron chi connectivity index (χ4n) is 1.20. The average molecular weight is 174 g/mol. The Hall–Kier alpha value is -0.340. The Bertz CT molecular complexity index is 189. The van der Waals surface area contributed by atoms with Crippen LogP contribution in [-0.2, 0) is 4.79 Å². The quantitative estimate of drug-likeness (QED) is 0.634. The van der Waals surface area contributed by atoms with Gasteiger partial charge in [-0.25, -0.2) is 0 Å². The van der Waals surface area contributed by atoms with Crippen molar-refractivity contribution in [1.29, 1.82) is 0 Å². The molecule has 2 nitrogen and oxygen atoms in total. The van der Waals surface area contributed by atoms with Crippen molar-refractivity contribution in [3.63, 3.8) is 0 Å². The molecular weight excluding hydrogens is 162 g/mol. The van der Waals surface area contributed by atoms with Crippen LogP contribution in [0.1, 0.15) is 13.3 Å². The second-order valence-corrected chi connectivity index (χ2v) is 3.01. The van der Waals surface area contributed by atoms with E-state index in [9.17, 15) is 4.79 Å². The standard InChI is InChI=1S/C8H12ClNO/c1-6-4-7(2-3-10-6)8(11)5-9/h4,6,10H,2-3,5H2,1H3/t6-/m0/s1. The van der Waals surface area contributed by atoms with Gasteiger partial charge in [0.25, 0.3) is 0 Å². The zero-order valence-corrected chi connectivity index (χ0v) is 7.32. The molecule has 0 spiro atoms. The highest BCUT2D eigenvalue weighted by Crippen LogP contribution is 2.09. The van der Waals surface area contributed by atoms with Gasteiger partial charge in [-0.15, -0.1) is 11.6 Å². The minimum absolute atomic E-state index is 0.0695. The lowest BCUT2D eigenvalue weighted by Crippen LogP contribution is -2.31. The Kier molecular flexibility index (Phi) is 3.09. The zero-order valence-electron chi connectivity index (χ0n) is 6.56. The smallest absolute Gasteiger partial charge is 0.173 e. The van der Waals surface area contributed by atoms with Crippen LogP contribution < -0.4 is 5.32 Å². The third kappa shape index (κ3) is 2.31. The third-order valence-electron chi connectivity index (χ3n) is 1.79. The molecule has 3 heteroatoms. The fraction of sp³-hybridized carbons (Fsp3) is 0.625. The van der Waals surface area contributed by atoms with Crippen molar-refractivity contribution in [2.45, 2.75) is 19.4 Å². The van der Waals surface area contributed by atoms with E-state index < -0.39 is 0 Å². The highest BCUT2D eigenvalue weighted by molar-refractivity contribution is 6.30. The Morgan fingerprint density at radius 3 is 3.18 bits per heavy atom. The molecule has 1 atom stereocenters. The first-order valence-corrected chi connectivity index (χ1v) is 4.30. The van der Waals surface area contributed by atoms with Gasteiger partial charge in [0.15, 0.2) is 5.78 Å². The van der Waals surface area contributed by atoms with Crippen molar-refractivity contribution < 1.29 is 4.79 Å². The first-order chi connectivity index (χ1) is 5.24. The Labute approximate surface area is 71.6 Å². The summed E-state index contributed by atoms with van der Waals surface area (Å²) >= 11 is 5.42. The normalized spacial score (nSPS) is 24.5. The number of rotatable bonds is 2. The topological polar surface area (TPSA) is 29.1 Å². The predicted molar refractivity (Wildman–Crippen MR) is 45.9 cm³/mol. The van der Waals surface area contributed by atoms with Crippen LogP contribution in [0.25, 0.3) is 0 Å². The minimum Gasteiger partial charge on any atom is -0.310 e. The summed E-state index contributed by atoms with van der Waals surface area (Å²) in [6, 6.07) is 0.311. The Morgan fingerprint density at radius 2 is 2.64 bits per heavy atom. The van der Waals surface area contributed by atoms with Crippen molar-refractivity contribution in [2.75, 3.05) is 12.4 Å². The van der Waals surface area contributed by atoms with Gasteiger partial charge in [0.05, 0.1) is 5.88 Å². The van der Waals surface area contributed by atoms with E-state index in [1.807, 2.05) is 13.0 Å². The summed E-state index contributed by atoms with van der Waals surface area (Å²) < 4.78 is 0. The van der Waals surface area contributed by atoms with Crippen molar-refractivity contribution in [2.24, 2.45) is 0 Å². The molecular formula is C8H12ClNO. The molecule has 0 saturated carbocycles. The van der Waals surface area contributed by atoms with E-state index >= 15 is 0 Å². The number of alkyl halides is 1. The van der Waals surface area contributed by atoms with E-state index in [-0.39, 0.29) is 11.7 Å².